The first-order chi connectivity index (χ1) is 8.71. The van der Waals surface area contributed by atoms with E-state index in [1.54, 1.807) is 0 Å². The van der Waals surface area contributed by atoms with Crippen LogP contribution in [0, 0.1) is 22.7 Å². The van der Waals surface area contributed by atoms with Crippen molar-refractivity contribution in [1.29, 1.82) is 5.26 Å². The number of rotatable bonds is 3. The van der Waals surface area contributed by atoms with Crippen LogP contribution in [0.5, 0.6) is 0 Å². The van der Waals surface area contributed by atoms with E-state index in [2.05, 4.69) is 16.3 Å². The standard InChI is InChI=1S/C14H21N3O/c15-7-6-14(4-5-14)10-17-8-3-12-11(9-17)1-2-13(18)16-12/h11-12H,1-6,8-10H2,(H,16,18). The first-order valence-corrected chi connectivity index (χ1v) is 7.09. The van der Waals surface area contributed by atoms with E-state index in [9.17, 15) is 4.79 Å². The number of nitrogens with zero attached hydrogens (tertiary/aromatic N) is 2. The van der Waals surface area contributed by atoms with E-state index in [0.717, 1.165) is 32.5 Å². The fraction of sp³-hybridized carbons (Fsp3) is 0.857. The summed E-state index contributed by atoms with van der Waals surface area (Å²) in [6, 6.07) is 2.75. The van der Waals surface area contributed by atoms with E-state index in [4.69, 9.17) is 5.26 Å². The molecule has 3 fully saturated rings. The fourth-order valence-corrected chi connectivity index (χ4v) is 3.54. The molecule has 0 radical (unpaired) electrons. The topological polar surface area (TPSA) is 56.1 Å². The van der Waals surface area contributed by atoms with Crippen molar-refractivity contribution < 1.29 is 4.79 Å². The minimum Gasteiger partial charge on any atom is -0.353 e. The van der Waals surface area contributed by atoms with Gasteiger partial charge in [-0.25, -0.2) is 0 Å². The van der Waals surface area contributed by atoms with Gasteiger partial charge in [-0.15, -0.1) is 0 Å². The number of nitriles is 1. The molecule has 4 nitrogen and oxygen atoms in total. The first kappa shape index (κ1) is 12.0. The number of hydrogen-bond donors (Lipinski definition) is 1. The molecule has 0 bridgehead atoms. The molecule has 2 heterocycles. The molecule has 18 heavy (non-hydrogen) atoms. The summed E-state index contributed by atoms with van der Waals surface area (Å²) in [7, 11) is 0. The second kappa shape index (κ2) is 4.55. The van der Waals surface area contributed by atoms with E-state index in [1.807, 2.05) is 0 Å². The Morgan fingerprint density at radius 3 is 3.00 bits per heavy atom. The van der Waals surface area contributed by atoms with Crippen molar-refractivity contribution in [2.24, 2.45) is 11.3 Å². The van der Waals surface area contributed by atoms with Crippen LogP contribution in [-0.2, 0) is 4.79 Å². The van der Waals surface area contributed by atoms with Crippen molar-refractivity contribution in [2.45, 2.75) is 44.6 Å². The summed E-state index contributed by atoms with van der Waals surface area (Å²) in [4.78, 5) is 13.9. The minimum atomic E-state index is 0.229. The number of likely N-dealkylation sites (tertiary alicyclic amines) is 1. The van der Waals surface area contributed by atoms with Gasteiger partial charge in [-0.05, 0) is 37.0 Å². The van der Waals surface area contributed by atoms with Gasteiger partial charge >= 0.3 is 0 Å². The third-order valence-corrected chi connectivity index (χ3v) is 4.88. The van der Waals surface area contributed by atoms with E-state index in [-0.39, 0.29) is 5.91 Å². The number of carbonyl (C=O) groups excluding carboxylic acids is 1. The van der Waals surface area contributed by atoms with Crippen molar-refractivity contribution in [3.8, 4) is 6.07 Å². The van der Waals surface area contributed by atoms with Crippen LogP contribution < -0.4 is 5.32 Å². The lowest BCUT2D eigenvalue weighted by Crippen LogP contribution is -2.54. The zero-order valence-corrected chi connectivity index (χ0v) is 10.8. The molecule has 4 heteroatoms. The maximum absolute atomic E-state index is 11.4. The Morgan fingerprint density at radius 2 is 2.28 bits per heavy atom. The van der Waals surface area contributed by atoms with Gasteiger partial charge < -0.3 is 10.2 Å². The summed E-state index contributed by atoms with van der Waals surface area (Å²) in [6.45, 7) is 3.28. The lowest BCUT2D eigenvalue weighted by atomic mass is 9.84. The lowest BCUT2D eigenvalue weighted by Gasteiger charge is -2.42. The average molecular weight is 247 g/mol. The molecule has 2 unspecified atom stereocenters. The van der Waals surface area contributed by atoms with Gasteiger partial charge in [-0.2, -0.15) is 5.26 Å². The second-order valence-corrected chi connectivity index (χ2v) is 6.33. The zero-order chi connectivity index (χ0) is 12.6. The van der Waals surface area contributed by atoms with Gasteiger partial charge in [0.2, 0.25) is 5.91 Å². The Kier molecular flexibility index (Phi) is 3.03. The van der Waals surface area contributed by atoms with Crippen LogP contribution in [0.25, 0.3) is 0 Å². The highest BCUT2D eigenvalue weighted by molar-refractivity contribution is 5.77. The van der Waals surface area contributed by atoms with Crippen molar-refractivity contribution >= 4 is 5.91 Å². The van der Waals surface area contributed by atoms with E-state index in [1.165, 1.54) is 12.8 Å². The molecule has 0 aromatic heterocycles. The maximum atomic E-state index is 11.4. The van der Waals surface area contributed by atoms with Crippen molar-refractivity contribution in [2.75, 3.05) is 19.6 Å². The second-order valence-electron chi connectivity index (χ2n) is 6.33. The van der Waals surface area contributed by atoms with E-state index in [0.29, 0.717) is 30.2 Å². The molecule has 3 aliphatic rings. The Hall–Kier alpha value is -1.08. The van der Waals surface area contributed by atoms with Crippen molar-refractivity contribution in [3.63, 3.8) is 0 Å². The Balaban J connectivity index is 1.55. The molecule has 98 valence electrons. The van der Waals surface area contributed by atoms with Gasteiger partial charge in [0.1, 0.15) is 0 Å². The highest BCUT2D eigenvalue weighted by Crippen LogP contribution is 2.49. The smallest absolute Gasteiger partial charge is 0.220 e. The molecule has 1 N–H and O–H groups in total. The largest absolute Gasteiger partial charge is 0.353 e. The fourth-order valence-electron chi connectivity index (χ4n) is 3.54. The van der Waals surface area contributed by atoms with Gasteiger partial charge in [0.25, 0.3) is 0 Å². The molecular weight excluding hydrogens is 226 g/mol. The molecule has 1 saturated carbocycles. The molecule has 1 aliphatic carbocycles. The molecule has 0 aromatic carbocycles. The summed E-state index contributed by atoms with van der Waals surface area (Å²) in [5, 5.41) is 12.0. The summed E-state index contributed by atoms with van der Waals surface area (Å²) in [5.74, 6) is 0.863. The summed E-state index contributed by atoms with van der Waals surface area (Å²) in [6.07, 6.45) is 5.98. The number of nitrogens with one attached hydrogen (secondary N) is 1. The van der Waals surface area contributed by atoms with Crippen molar-refractivity contribution in [3.05, 3.63) is 0 Å². The number of fused-ring (bicyclic) bond motifs is 1. The normalized spacial score (nSPS) is 34.3. The van der Waals surface area contributed by atoms with Crippen LogP contribution in [0.2, 0.25) is 0 Å². The quantitative estimate of drug-likeness (QED) is 0.817. The highest BCUT2D eigenvalue weighted by Gasteiger charge is 2.45. The van der Waals surface area contributed by atoms with Gasteiger partial charge in [0.05, 0.1) is 6.07 Å². The molecule has 1 amide bonds. The monoisotopic (exact) mass is 247 g/mol. The Bertz CT molecular complexity index is 383. The van der Waals surface area contributed by atoms with Gasteiger partial charge in [0, 0.05) is 38.5 Å². The average Bonchev–Trinajstić information content (AvgIpc) is 3.10. The summed E-state index contributed by atoms with van der Waals surface area (Å²) >= 11 is 0. The van der Waals surface area contributed by atoms with E-state index >= 15 is 0 Å². The summed E-state index contributed by atoms with van der Waals surface area (Å²) < 4.78 is 0. The first-order valence-electron chi connectivity index (χ1n) is 7.09. The van der Waals surface area contributed by atoms with Crippen LogP contribution in [-0.4, -0.2) is 36.5 Å². The Labute approximate surface area is 108 Å². The molecule has 0 aromatic rings. The van der Waals surface area contributed by atoms with Crippen LogP contribution >= 0.6 is 0 Å². The van der Waals surface area contributed by atoms with Gasteiger partial charge in [-0.1, -0.05) is 0 Å². The zero-order valence-electron chi connectivity index (χ0n) is 10.8. The Morgan fingerprint density at radius 1 is 1.44 bits per heavy atom. The SMILES string of the molecule is N#CCC1(CN2CCC3NC(=O)CCC3C2)CC1. The number of piperidine rings is 2. The molecular formula is C14H21N3O. The third kappa shape index (κ3) is 2.37. The number of amides is 1. The predicted molar refractivity (Wildman–Crippen MR) is 67.6 cm³/mol. The molecule has 3 rings (SSSR count). The van der Waals surface area contributed by atoms with Crippen LogP contribution in [0.3, 0.4) is 0 Å². The van der Waals surface area contributed by atoms with Crippen LogP contribution in [0.15, 0.2) is 0 Å². The minimum absolute atomic E-state index is 0.229. The van der Waals surface area contributed by atoms with Gasteiger partial charge in [-0.3, -0.25) is 4.79 Å². The van der Waals surface area contributed by atoms with Gasteiger partial charge in [0.15, 0.2) is 0 Å². The third-order valence-electron chi connectivity index (χ3n) is 4.88. The predicted octanol–water partition coefficient (Wildman–Crippen LogP) is 1.28. The maximum Gasteiger partial charge on any atom is 0.220 e. The molecule has 2 saturated heterocycles. The molecule has 0 spiro atoms. The number of carbonyl (C=O) groups is 1. The van der Waals surface area contributed by atoms with E-state index < -0.39 is 0 Å². The van der Waals surface area contributed by atoms with Crippen molar-refractivity contribution in [1.82, 2.24) is 10.2 Å². The van der Waals surface area contributed by atoms with Crippen LogP contribution in [0.4, 0.5) is 0 Å². The molecule has 2 aliphatic heterocycles. The lowest BCUT2D eigenvalue weighted by molar-refractivity contribution is -0.125. The highest BCUT2D eigenvalue weighted by atomic mass is 16.1. The summed E-state index contributed by atoms with van der Waals surface area (Å²) in [5.41, 5.74) is 0.319. The van der Waals surface area contributed by atoms with Crippen LogP contribution in [0.1, 0.15) is 38.5 Å². The number of hydrogen-bond acceptors (Lipinski definition) is 3. The molecule has 2 atom stereocenters.